The van der Waals surface area contributed by atoms with Crippen molar-refractivity contribution in [1.82, 2.24) is 10.2 Å². The Bertz CT molecular complexity index is 757. The Labute approximate surface area is 163 Å². The van der Waals surface area contributed by atoms with Crippen molar-refractivity contribution in [3.63, 3.8) is 0 Å². The Kier molecular flexibility index (Phi) is 6.58. The Hall–Kier alpha value is -2.25. The molecular formula is C20H23F2N3OS. The first kappa shape index (κ1) is 19.5. The summed E-state index contributed by atoms with van der Waals surface area (Å²) in [4.78, 5) is 2.30. The lowest BCUT2D eigenvalue weighted by molar-refractivity contribution is 0.114. The van der Waals surface area contributed by atoms with Gasteiger partial charge in [-0.3, -0.25) is 0 Å². The second-order valence-electron chi connectivity index (χ2n) is 6.67. The molecule has 7 heteroatoms. The third-order valence-electron chi connectivity index (χ3n) is 4.55. The smallest absolute Gasteiger partial charge is 0.171 e. The van der Waals surface area contributed by atoms with Crippen LogP contribution in [-0.2, 0) is 6.54 Å². The summed E-state index contributed by atoms with van der Waals surface area (Å²) in [7, 11) is 2.12. The van der Waals surface area contributed by atoms with Crippen LogP contribution in [-0.4, -0.2) is 36.3 Å². The second kappa shape index (κ2) is 9.10. The summed E-state index contributed by atoms with van der Waals surface area (Å²) in [5.74, 6) is -0.522. The molecule has 1 saturated heterocycles. The molecule has 27 heavy (non-hydrogen) atoms. The zero-order valence-corrected chi connectivity index (χ0v) is 16.0. The molecule has 2 aromatic carbocycles. The standard InChI is InChI=1S/C20H23F2N3OS/c1-25-11-9-16(10-12-25)26-15-7-5-14(6-8-15)13-23-20(27)24-19-17(21)3-2-4-18(19)22/h2-8,16H,9-13H2,1H3,(H2,23,24,27). The number of rotatable bonds is 5. The summed E-state index contributed by atoms with van der Waals surface area (Å²) in [5.41, 5.74) is 0.737. The summed E-state index contributed by atoms with van der Waals surface area (Å²) in [6.07, 6.45) is 2.33. The highest BCUT2D eigenvalue weighted by atomic mass is 32.1. The summed E-state index contributed by atoms with van der Waals surface area (Å²) in [5, 5.41) is 5.67. The molecule has 0 radical (unpaired) electrons. The lowest BCUT2D eigenvalue weighted by Crippen LogP contribution is -2.35. The van der Waals surface area contributed by atoms with Crippen molar-refractivity contribution in [1.29, 1.82) is 0 Å². The number of hydrogen-bond donors (Lipinski definition) is 2. The molecule has 0 bridgehead atoms. The number of anilines is 1. The van der Waals surface area contributed by atoms with Crippen LogP contribution >= 0.6 is 12.2 Å². The molecule has 0 aliphatic carbocycles. The maximum Gasteiger partial charge on any atom is 0.171 e. The maximum absolute atomic E-state index is 13.6. The average molecular weight is 391 g/mol. The molecule has 0 amide bonds. The van der Waals surface area contributed by atoms with E-state index >= 15 is 0 Å². The Balaban J connectivity index is 1.47. The van der Waals surface area contributed by atoms with Gasteiger partial charge in [0, 0.05) is 19.6 Å². The van der Waals surface area contributed by atoms with Gasteiger partial charge in [-0.15, -0.1) is 0 Å². The van der Waals surface area contributed by atoms with Crippen LogP contribution in [0, 0.1) is 11.6 Å². The van der Waals surface area contributed by atoms with Crippen LogP contribution < -0.4 is 15.4 Å². The summed E-state index contributed by atoms with van der Waals surface area (Å²) in [6, 6.07) is 11.4. The van der Waals surface area contributed by atoms with Crippen molar-refractivity contribution in [3.8, 4) is 5.75 Å². The van der Waals surface area contributed by atoms with E-state index in [2.05, 4.69) is 22.6 Å². The summed E-state index contributed by atoms with van der Waals surface area (Å²) < 4.78 is 33.3. The molecule has 1 aliphatic heterocycles. The number of benzene rings is 2. The van der Waals surface area contributed by atoms with Crippen LogP contribution in [0.25, 0.3) is 0 Å². The van der Waals surface area contributed by atoms with Crippen molar-refractivity contribution in [2.75, 3.05) is 25.5 Å². The van der Waals surface area contributed by atoms with Gasteiger partial charge in [0.25, 0.3) is 0 Å². The molecule has 3 rings (SSSR count). The summed E-state index contributed by atoms with van der Waals surface area (Å²) in [6.45, 7) is 2.55. The van der Waals surface area contributed by atoms with Gasteiger partial charge in [-0.1, -0.05) is 18.2 Å². The second-order valence-corrected chi connectivity index (χ2v) is 7.08. The van der Waals surface area contributed by atoms with Crippen molar-refractivity contribution in [2.24, 2.45) is 0 Å². The topological polar surface area (TPSA) is 36.5 Å². The van der Waals surface area contributed by atoms with Crippen LogP contribution in [0.2, 0.25) is 0 Å². The van der Waals surface area contributed by atoms with Crippen LogP contribution in [0.5, 0.6) is 5.75 Å². The first-order valence-corrected chi connectivity index (χ1v) is 9.35. The average Bonchev–Trinajstić information content (AvgIpc) is 2.66. The molecule has 0 unspecified atom stereocenters. The molecule has 1 aliphatic rings. The van der Waals surface area contributed by atoms with E-state index in [0.717, 1.165) is 37.2 Å². The molecule has 144 valence electrons. The first-order chi connectivity index (χ1) is 13.0. The molecule has 0 aromatic heterocycles. The van der Waals surface area contributed by atoms with Crippen molar-refractivity contribution < 1.29 is 13.5 Å². The molecule has 2 N–H and O–H groups in total. The summed E-state index contributed by atoms with van der Waals surface area (Å²) >= 11 is 5.11. The van der Waals surface area contributed by atoms with E-state index in [-0.39, 0.29) is 16.9 Å². The Morgan fingerprint density at radius 1 is 1.11 bits per heavy atom. The van der Waals surface area contributed by atoms with E-state index in [1.165, 1.54) is 18.2 Å². The zero-order valence-electron chi connectivity index (χ0n) is 15.2. The Morgan fingerprint density at radius 2 is 1.74 bits per heavy atom. The number of likely N-dealkylation sites (tertiary alicyclic amines) is 1. The number of nitrogens with one attached hydrogen (secondary N) is 2. The highest BCUT2D eigenvalue weighted by molar-refractivity contribution is 7.80. The molecule has 1 fully saturated rings. The van der Waals surface area contributed by atoms with Gasteiger partial charge in [0.2, 0.25) is 0 Å². The van der Waals surface area contributed by atoms with E-state index in [4.69, 9.17) is 17.0 Å². The largest absolute Gasteiger partial charge is 0.490 e. The van der Waals surface area contributed by atoms with E-state index in [9.17, 15) is 8.78 Å². The predicted octanol–water partition coefficient (Wildman–Crippen LogP) is 3.92. The number of halogens is 2. The highest BCUT2D eigenvalue weighted by Crippen LogP contribution is 2.20. The number of piperidine rings is 1. The molecule has 1 heterocycles. The van der Waals surface area contributed by atoms with Gasteiger partial charge in [-0.05, 0) is 61.9 Å². The van der Waals surface area contributed by atoms with Gasteiger partial charge >= 0.3 is 0 Å². The first-order valence-electron chi connectivity index (χ1n) is 8.94. The Morgan fingerprint density at radius 3 is 2.37 bits per heavy atom. The number of ether oxygens (including phenoxy) is 1. The molecular weight excluding hydrogens is 368 g/mol. The number of nitrogens with zero attached hydrogens (tertiary/aromatic N) is 1. The quantitative estimate of drug-likeness (QED) is 0.756. The van der Waals surface area contributed by atoms with Gasteiger partial charge in [0.05, 0.1) is 0 Å². The SMILES string of the molecule is CN1CCC(Oc2ccc(CNC(=S)Nc3c(F)cccc3F)cc2)CC1. The van der Waals surface area contributed by atoms with E-state index < -0.39 is 11.6 Å². The highest BCUT2D eigenvalue weighted by Gasteiger charge is 2.17. The van der Waals surface area contributed by atoms with E-state index in [1.54, 1.807) is 0 Å². The third-order valence-corrected chi connectivity index (χ3v) is 4.79. The fraction of sp³-hybridized carbons (Fsp3) is 0.350. The maximum atomic E-state index is 13.6. The molecule has 4 nitrogen and oxygen atoms in total. The van der Waals surface area contributed by atoms with Crippen LogP contribution in [0.1, 0.15) is 18.4 Å². The lowest BCUT2D eigenvalue weighted by atomic mass is 10.1. The van der Waals surface area contributed by atoms with E-state index in [0.29, 0.717) is 6.54 Å². The third kappa shape index (κ3) is 5.61. The molecule has 2 aromatic rings. The normalized spacial score (nSPS) is 15.4. The van der Waals surface area contributed by atoms with Gasteiger partial charge in [0.15, 0.2) is 5.11 Å². The van der Waals surface area contributed by atoms with Gasteiger partial charge in [-0.25, -0.2) is 8.78 Å². The minimum Gasteiger partial charge on any atom is -0.490 e. The molecule has 0 atom stereocenters. The van der Waals surface area contributed by atoms with Crippen LogP contribution in [0.15, 0.2) is 42.5 Å². The van der Waals surface area contributed by atoms with Gasteiger partial charge in [-0.2, -0.15) is 0 Å². The van der Waals surface area contributed by atoms with E-state index in [1.807, 2.05) is 24.3 Å². The van der Waals surface area contributed by atoms with Crippen molar-refractivity contribution in [3.05, 3.63) is 59.7 Å². The number of para-hydroxylation sites is 1. The monoisotopic (exact) mass is 391 g/mol. The molecule has 0 spiro atoms. The van der Waals surface area contributed by atoms with Crippen molar-refractivity contribution >= 4 is 23.0 Å². The predicted molar refractivity (Wildman–Crippen MR) is 107 cm³/mol. The van der Waals surface area contributed by atoms with Crippen molar-refractivity contribution in [2.45, 2.75) is 25.5 Å². The molecule has 0 saturated carbocycles. The zero-order chi connectivity index (χ0) is 19.2. The van der Waals surface area contributed by atoms with Crippen LogP contribution in [0.4, 0.5) is 14.5 Å². The minimum atomic E-state index is -0.686. The van der Waals surface area contributed by atoms with Gasteiger partial charge < -0.3 is 20.3 Å². The fourth-order valence-electron chi connectivity index (χ4n) is 2.94. The van der Waals surface area contributed by atoms with Crippen LogP contribution in [0.3, 0.4) is 0 Å². The minimum absolute atomic E-state index is 0.158. The lowest BCUT2D eigenvalue weighted by Gasteiger charge is -2.29. The fourth-order valence-corrected chi connectivity index (χ4v) is 3.11. The number of hydrogen-bond acceptors (Lipinski definition) is 3. The number of thiocarbonyl (C=S) groups is 1. The van der Waals surface area contributed by atoms with Gasteiger partial charge in [0.1, 0.15) is 29.2 Å².